The van der Waals surface area contributed by atoms with Gasteiger partial charge in [-0.3, -0.25) is 4.79 Å². The van der Waals surface area contributed by atoms with Gasteiger partial charge >= 0.3 is 0 Å². The molecular formula is C22H28N2O3S. The van der Waals surface area contributed by atoms with Crippen molar-refractivity contribution in [1.82, 2.24) is 9.62 Å². The minimum atomic E-state index is -3.56. The van der Waals surface area contributed by atoms with Crippen LogP contribution in [0.25, 0.3) is 0 Å². The third-order valence-corrected chi connectivity index (χ3v) is 7.37. The number of rotatable bonds is 6. The lowest BCUT2D eigenvalue weighted by molar-refractivity contribution is 0.0935. The van der Waals surface area contributed by atoms with Crippen LogP contribution in [0.1, 0.15) is 59.3 Å². The monoisotopic (exact) mass is 400 g/mol. The van der Waals surface area contributed by atoms with E-state index in [1.807, 2.05) is 38.1 Å². The summed E-state index contributed by atoms with van der Waals surface area (Å²) in [6, 6.07) is 12.9. The highest BCUT2D eigenvalue weighted by molar-refractivity contribution is 7.89. The van der Waals surface area contributed by atoms with Crippen molar-refractivity contribution in [3.8, 4) is 0 Å². The Hall–Kier alpha value is -2.18. The fourth-order valence-electron chi connectivity index (χ4n) is 3.55. The maximum absolute atomic E-state index is 13.0. The van der Waals surface area contributed by atoms with Crippen molar-refractivity contribution in [3.63, 3.8) is 0 Å². The maximum Gasteiger partial charge on any atom is 0.251 e. The van der Waals surface area contributed by atoms with Crippen LogP contribution in [0.15, 0.2) is 47.4 Å². The summed E-state index contributed by atoms with van der Waals surface area (Å²) in [6.45, 7) is 6.90. The lowest BCUT2D eigenvalue weighted by Gasteiger charge is -2.20. The van der Waals surface area contributed by atoms with Gasteiger partial charge in [0.15, 0.2) is 0 Å². The molecule has 1 fully saturated rings. The first-order valence-electron chi connectivity index (χ1n) is 9.81. The summed E-state index contributed by atoms with van der Waals surface area (Å²) in [4.78, 5) is 13.1. The van der Waals surface area contributed by atoms with Crippen LogP contribution in [-0.4, -0.2) is 31.7 Å². The van der Waals surface area contributed by atoms with Crippen molar-refractivity contribution in [3.05, 3.63) is 64.7 Å². The highest BCUT2D eigenvalue weighted by Gasteiger charge is 2.29. The largest absolute Gasteiger partial charge is 0.345 e. The number of carbonyl (C=O) groups excluding carboxylic acids is 1. The summed E-state index contributed by atoms with van der Waals surface area (Å²) in [7, 11) is -3.56. The molecule has 6 heteroatoms. The van der Waals surface area contributed by atoms with Gasteiger partial charge in [0, 0.05) is 18.7 Å². The molecule has 1 aliphatic heterocycles. The first-order valence-corrected chi connectivity index (χ1v) is 11.2. The van der Waals surface area contributed by atoms with E-state index in [9.17, 15) is 13.2 Å². The predicted octanol–water partition coefficient (Wildman–Crippen LogP) is 3.97. The molecular weight excluding hydrogens is 372 g/mol. The van der Waals surface area contributed by atoms with Crippen LogP contribution in [0.4, 0.5) is 0 Å². The van der Waals surface area contributed by atoms with Crippen molar-refractivity contribution in [2.75, 3.05) is 13.1 Å². The summed E-state index contributed by atoms with van der Waals surface area (Å²) < 4.78 is 27.4. The highest BCUT2D eigenvalue weighted by atomic mass is 32.2. The van der Waals surface area contributed by atoms with E-state index in [-0.39, 0.29) is 16.8 Å². The molecule has 0 spiro atoms. The van der Waals surface area contributed by atoms with Crippen molar-refractivity contribution < 1.29 is 13.2 Å². The lowest BCUT2D eigenvalue weighted by atomic mass is 10.0. The fraction of sp³-hybridized carbons (Fsp3) is 0.409. The molecule has 1 saturated heterocycles. The quantitative estimate of drug-likeness (QED) is 0.798. The number of amides is 1. The number of benzene rings is 2. The smallest absolute Gasteiger partial charge is 0.251 e. The molecule has 150 valence electrons. The van der Waals surface area contributed by atoms with Crippen LogP contribution in [0.2, 0.25) is 0 Å². The van der Waals surface area contributed by atoms with E-state index in [1.54, 1.807) is 19.1 Å². The van der Waals surface area contributed by atoms with E-state index >= 15 is 0 Å². The number of aryl methyl sites for hydroxylation is 2. The second-order valence-electron chi connectivity index (χ2n) is 7.44. The molecule has 2 aromatic carbocycles. The standard InChI is InChI=1S/C22H28N2O3S/c1-4-20(18-10-7-16(2)8-11-18)23-22(25)19-12-9-17(3)21(15-19)28(26,27)24-13-5-6-14-24/h7-12,15,20H,4-6,13-14H2,1-3H3,(H,23,25). The zero-order valence-electron chi connectivity index (χ0n) is 16.7. The molecule has 28 heavy (non-hydrogen) atoms. The fourth-order valence-corrected chi connectivity index (χ4v) is 5.32. The zero-order valence-corrected chi connectivity index (χ0v) is 17.6. The molecule has 1 unspecified atom stereocenters. The molecule has 1 N–H and O–H groups in total. The third-order valence-electron chi connectivity index (χ3n) is 5.33. The van der Waals surface area contributed by atoms with Gasteiger partial charge in [0.1, 0.15) is 0 Å². The number of nitrogens with zero attached hydrogens (tertiary/aromatic N) is 1. The lowest BCUT2D eigenvalue weighted by Crippen LogP contribution is -2.30. The molecule has 0 aromatic heterocycles. The summed E-state index contributed by atoms with van der Waals surface area (Å²) in [5, 5.41) is 3.04. The molecule has 5 nitrogen and oxygen atoms in total. The van der Waals surface area contributed by atoms with Gasteiger partial charge < -0.3 is 5.32 Å². The van der Waals surface area contributed by atoms with E-state index < -0.39 is 10.0 Å². The summed E-state index contributed by atoms with van der Waals surface area (Å²) in [5.41, 5.74) is 3.24. The summed E-state index contributed by atoms with van der Waals surface area (Å²) >= 11 is 0. The molecule has 2 aromatic rings. The molecule has 1 aliphatic rings. The van der Waals surface area contributed by atoms with E-state index in [0.717, 1.165) is 24.8 Å². The molecule has 3 rings (SSSR count). The Kier molecular flexibility index (Phi) is 6.20. The Balaban J connectivity index is 1.85. The molecule has 0 aliphatic carbocycles. The third kappa shape index (κ3) is 4.28. The van der Waals surface area contributed by atoms with Gasteiger partial charge in [-0.1, -0.05) is 42.8 Å². The number of nitrogens with one attached hydrogen (secondary N) is 1. The van der Waals surface area contributed by atoms with Crippen LogP contribution in [0, 0.1) is 13.8 Å². The number of sulfonamides is 1. The van der Waals surface area contributed by atoms with Crippen molar-refractivity contribution in [2.45, 2.75) is 51.0 Å². The molecule has 1 heterocycles. The first-order chi connectivity index (χ1) is 13.3. The SMILES string of the molecule is CCC(NC(=O)c1ccc(C)c(S(=O)(=O)N2CCCC2)c1)c1ccc(C)cc1. The van der Waals surface area contributed by atoms with Crippen molar-refractivity contribution in [2.24, 2.45) is 0 Å². The Morgan fingerprint density at radius 3 is 2.32 bits per heavy atom. The normalized spacial score (nSPS) is 16.1. The minimum absolute atomic E-state index is 0.118. The van der Waals surface area contributed by atoms with Crippen molar-refractivity contribution in [1.29, 1.82) is 0 Å². The Bertz CT molecular complexity index is 946. The van der Waals surface area contributed by atoms with Gasteiger partial charge in [0.2, 0.25) is 10.0 Å². The number of hydrogen-bond acceptors (Lipinski definition) is 3. The summed E-state index contributed by atoms with van der Waals surface area (Å²) in [5.74, 6) is -0.259. The average Bonchev–Trinajstić information content (AvgIpc) is 3.22. The maximum atomic E-state index is 13.0. The van der Waals surface area contributed by atoms with Gasteiger partial charge in [-0.25, -0.2) is 8.42 Å². The number of carbonyl (C=O) groups is 1. The highest BCUT2D eigenvalue weighted by Crippen LogP contribution is 2.25. The van der Waals surface area contributed by atoms with Crippen LogP contribution >= 0.6 is 0 Å². The van der Waals surface area contributed by atoms with E-state index in [0.29, 0.717) is 24.2 Å². The molecule has 0 radical (unpaired) electrons. The molecule has 0 saturated carbocycles. The van der Waals surface area contributed by atoms with Crippen LogP contribution in [0.3, 0.4) is 0 Å². The number of hydrogen-bond donors (Lipinski definition) is 1. The average molecular weight is 401 g/mol. The molecule has 0 bridgehead atoms. The van der Waals surface area contributed by atoms with Crippen LogP contribution in [-0.2, 0) is 10.0 Å². The van der Waals surface area contributed by atoms with Gasteiger partial charge in [0.05, 0.1) is 10.9 Å². The van der Waals surface area contributed by atoms with Crippen molar-refractivity contribution >= 4 is 15.9 Å². The second-order valence-corrected chi connectivity index (χ2v) is 9.34. The van der Waals surface area contributed by atoms with Gasteiger partial charge in [-0.15, -0.1) is 0 Å². The van der Waals surface area contributed by atoms with E-state index in [2.05, 4.69) is 5.32 Å². The Morgan fingerprint density at radius 2 is 1.71 bits per heavy atom. The Morgan fingerprint density at radius 1 is 1.07 bits per heavy atom. The molecule has 1 amide bonds. The topological polar surface area (TPSA) is 66.5 Å². The van der Waals surface area contributed by atoms with Gasteiger partial charge in [0.25, 0.3) is 5.91 Å². The van der Waals surface area contributed by atoms with Gasteiger partial charge in [-0.2, -0.15) is 4.31 Å². The first kappa shape index (κ1) is 20.6. The Labute approximate surface area is 167 Å². The van der Waals surface area contributed by atoms with E-state index in [4.69, 9.17) is 0 Å². The predicted molar refractivity (Wildman–Crippen MR) is 111 cm³/mol. The van der Waals surface area contributed by atoms with Crippen LogP contribution in [0.5, 0.6) is 0 Å². The minimum Gasteiger partial charge on any atom is -0.345 e. The molecule has 1 atom stereocenters. The van der Waals surface area contributed by atoms with E-state index in [1.165, 1.54) is 15.9 Å². The zero-order chi connectivity index (χ0) is 20.3. The second kappa shape index (κ2) is 8.45. The van der Waals surface area contributed by atoms with Crippen LogP contribution < -0.4 is 5.32 Å². The summed E-state index contributed by atoms with van der Waals surface area (Å²) in [6.07, 6.45) is 2.51. The van der Waals surface area contributed by atoms with Gasteiger partial charge in [-0.05, 0) is 56.4 Å².